The summed E-state index contributed by atoms with van der Waals surface area (Å²) in [5, 5.41) is 4.36. The predicted molar refractivity (Wildman–Crippen MR) is 134 cm³/mol. The lowest BCUT2D eigenvalue weighted by Gasteiger charge is -2.32. The minimum absolute atomic E-state index is 0.0514. The lowest BCUT2D eigenvalue weighted by Crippen LogP contribution is -2.51. The summed E-state index contributed by atoms with van der Waals surface area (Å²) < 4.78 is 2.19. The number of nitrogens with one attached hydrogen (secondary N) is 1. The molecule has 1 saturated heterocycles. The van der Waals surface area contributed by atoms with E-state index in [4.69, 9.17) is 4.98 Å². The monoisotopic (exact) mass is 456 g/mol. The Morgan fingerprint density at radius 2 is 1.79 bits per heavy atom. The van der Waals surface area contributed by atoms with Crippen LogP contribution in [0.5, 0.6) is 0 Å². The number of rotatable bonds is 4. The van der Waals surface area contributed by atoms with E-state index in [1.54, 1.807) is 18.0 Å². The molecule has 33 heavy (non-hydrogen) atoms. The van der Waals surface area contributed by atoms with Gasteiger partial charge >= 0.3 is 0 Å². The first-order valence-corrected chi connectivity index (χ1v) is 12.2. The normalized spacial score (nSPS) is 16.3. The van der Waals surface area contributed by atoms with E-state index in [0.717, 1.165) is 28.3 Å². The number of fused-ring (bicyclic) bond motifs is 1. The summed E-state index contributed by atoms with van der Waals surface area (Å²) in [5.74, 6) is 0.0514. The number of piperazine rings is 1. The Morgan fingerprint density at radius 1 is 1.03 bits per heavy atom. The number of para-hydroxylation sites is 1. The van der Waals surface area contributed by atoms with Crippen LogP contribution in [-0.2, 0) is 0 Å². The van der Waals surface area contributed by atoms with Crippen LogP contribution in [0.3, 0.4) is 0 Å². The van der Waals surface area contributed by atoms with Gasteiger partial charge in [-0.25, -0.2) is 0 Å². The lowest BCUT2D eigenvalue weighted by molar-refractivity contribution is 0.0707. The Morgan fingerprint density at radius 3 is 2.52 bits per heavy atom. The third-order valence-corrected chi connectivity index (χ3v) is 7.60. The van der Waals surface area contributed by atoms with Crippen molar-refractivity contribution in [2.45, 2.75) is 36.7 Å². The highest BCUT2D eigenvalue weighted by atomic mass is 32.2. The molecule has 2 aromatic carbocycles. The van der Waals surface area contributed by atoms with Crippen molar-refractivity contribution in [1.82, 2.24) is 19.8 Å². The number of amides is 1. The molecule has 0 aliphatic carbocycles. The molecule has 1 aliphatic heterocycles. The molecule has 1 unspecified atom stereocenters. The van der Waals surface area contributed by atoms with E-state index >= 15 is 0 Å². The average Bonchev–Trinajstić information content (AvgIpc) is 3.15. The molecular weight excluding hydrogens is 428 g/mol. The highest BCUT2D eigenvalue weighted by Crippen LogP contribution is 2.41. The van der Waals surface area contributed by atoms with E-state index in [-0.39, 0.29) is 11.9 Å². The molecule has 5 nitrogen and oxygen atoms in total. The molecule has 6 heteroatoms. The Bertz CT molecular complexity index is 1290. The molecule has 3 heterocycles. The first-order valence-electron chi connectivity index (χ1n) is 11.4. The maximum absolute atomic E-state index is 14.0. The van der Waals surface area contributed by atoms with Gasteiger partial charge in [0.15, 0.2) is 0 Å². The van der Waals surface area contributed by atoms with Gasteiger partial charge in [0.2, 0.25) is 0 Å². The third kappa shape index (κ3) is 4.05. The first kappa shape index (κ1) is 21.7. The molecule has 4 aromatic rings. The van der Waals surface area contributed by atoms with Crippen LogP contribution in [0.25, 0.3) is 16.7 Å². The number of benzene rings is 2. The van der Waals surface area contributed by atoms with E-state index in [1.165, 1.54) is 16.0 Å². The molecule has 0 radical (unpaired) electrons. The van der Waals surface area contributed by atoms with Gasteiger partial charge in [-0.15, -0.1) is 0 Å². The van der Waals surface area contributed by atoms with Crippen LogP contribution in [0.15, 0.2) is 76.8 Å². The molecule has 1 N–H and O–H groups in total. The second-order valence-electron chi connectivity index (χ2n) is 8.65. The maximum atomic E-state index is 14.0. The smallest absolute Gasteiger partial charge is 0.258 e. The van der Waals surface area contributed by atoms with Gasteiger partial charge in [0.25, 0.3) is 5.91 Å². The number of aromatic nitrogens is 2. The molecule has 0 bridgehead atoms. The van der Waals surface area contributed by atoms with E-state index < -0.39 is 0 Å². The van der Waals surface area contributed by atoms with Crippen molar-refractivity contribution in [2.75, 3.05) is 19.6 Å². The summed E-state index contributed by atoms with van der Waals surface area (Å²) in [6.07, 6.45) is 1.78. The van der Waals surface area contributed by atoms with Gasteiger partial charge < -0.3 is 14.8 Å². The molecular formula is C27H28N4OS. The number of carbonyl (C=O) groups is 1. The zero-order chi connectivity index (χ0) is 22.9. The van der Waals surface area contributed by atoms with E-state index in [0.29, 0.717) is 18.7 Å². The van der Waals surface area contributed by atoms with Crippen LogP contribution < -0.4 is 5.32 Å². The number of nitrogens with zero attached hydrogens (tertiary/aromatic N) is 3. The fourth-order valence-electron chi connectivity index (χ4n) is 4.55. The van der Waals surface area contributed by atoms with Gasteiger partial charge in [-0.05, 0) is 56.2 Å². The average molecular weight is 457 g/mol. The number of carbonyl (C=O) groups excluding carboxylic acids is 1. The van der Waals surface area contributed by atoms with Crippen molar-refractivity contribution in [3.05, 3.63) is 83.6 Å². The maximum Gasteiger partial charge on any atom is 0.258 e. The van der Waals surface area contributed by atoms with Crippen LogP contribution in [0.1, 0.15) is 28.4 Å². The minimum Gasteiger partial charge on any atom is -0.336 e. The highest BCUT2D eigenvalue weighted by molar-refractivity contribution is 7.99. The topological polar surface area (TPSA) is 50.2 Å². The third-order valence-electron chi connectivity index (χ3n) is 6.17. The van der Waals surface area contributed by atoms with Crippen LogP contribution in [0, 0.1) is 13.8 Å². The summed E-state index contributed by atoms with van der Waals surface area (Å²) in [6.45, 7) is 8.57. The van der Waals surface area contributed by atoms with Crippen LogP contribution in [-0.4, -0.2) is 46.0 Å². The van der Waals surface area contributed by atoms with Crippen LogP contribution >= 0.6 is 11.8 Å². The molecule has 0 saturated carbocycles. The molecule has 0 spiro atoms. The zero-order valence-corrected chi connectivity index (χ0v) is 20.0. The fourth-order valence-corrected chi connectivity index (χ4v) is 5.78. The highest BCUT2D eigenvalue weighted by Gasteiger charge is 2.30. The standard InChI is InChI=1S/C27H28N4OS/c1-18-9-7-10-19(2)25(18)33-27-23(26(32)30-16-15-28-20(3)17-30)24-22(13-8-14-29-24)31(27)21-11-5-4-6-12-21/h4-14,20,28H,15-17H2,1-3H3. The van der Waals surface area contributed by atoms with E-state index in [1.807, 2.05) is 29.2 Å². The summed E-state index contributed by atoms with van der Waals surface area (Å²) in [5.41, 5.74) is 5.82. The SMILES string of the molecule is Cc1cccc(C)c1Sc1c(C(=O)N2CCNC(C)C2)c2ncccc2n1-c1ccccc1. The Labute approximate surface area is 198 Å². The van der Waals surface area contributed by atoms with Crippen LogP contribution in [0.2, 0.25) is 0 Å². The number of aryl methyl sites for hydroxylation is 2. The number of pyridine rings is 1. The van der Waals surface area contributed by atoms with E-state index in [9.17, 15) is 4.79 Å². The van der Waals surface area contributed by atoms with Crippen molar-refractivity contribution in [3.8, 4) is 5.69 Å². The lowest BCUT2D eigenvalue weighted by atomic mass is 10.2. The quantitative estimate of drug-likeness (QED) is 0.457. The van der Waals surface area contributed by atoms with Gasteiger partial charge in [0.05, 0.1) is 16.1 Å². The largest absolute Gasteiger partial charge is 0.336 e. The van der Waals surface area contributed by atoms with Crippen LogP contribution in [0.4, 0.5) is 0 Å². The molecule has 1 aliphatic rings. The van der Waals surface area contributed by atoms with Crippen molar-refractivity contribution >= 4 is 28.7 Å². The molecule has 5 rings (SSSR count). The number of hydrogen-bond donors (Lipinski definition) is 1. The summed E-state index contributed by atoms with van der Waals surface area (Å²) in [6, 6.07) is 20.9. The van der Waals surface area contributed by atoms with Crippen molar-refractivity contribution in [1.29, 1.82) is 0 Å². The fraction of sp³-hybridized carbons (Fsp3) is 0.259. The Hall–Kier alpha value is -3.09. The van der Waals surface area contributed by atoms with Gasteiger partial charge in [0, 0.05) is 42.5 Å². The second kappa shape index (κ2) is 9.04. The molecule has 1 fully saturated rings. The van der Waals surface area contributed by atoms with E-state index in [2.05, 4.69) is 67.1 Å². The molecule has 168 valence electrons. The predicted octanol–water partition coefficient (Wildman–Crippen LogP) is 5.23. The molecule has 1 atom stereocenters. The van der Waals surface area contributed by atoms with Crippen molar-refractivity contribution in [2.24, 2.45) is 0 Å². The second-order valence-corrected chi connectivity index (χ2v) is 9.65. The Balaban J connectivity index is 1.76. The first-order chi connectivity index (χ1) is 16.0. The van der Waals surface area contributed by atoms with Crippen molar-refractivity contribution in [3.63, 3.8) is 0 Å². The van der Waals surface area contributed by atoms with Gasteiger partial charge in [-0.2, -0.15) is 0 Å². The Kier molecular flexibility index (Phi) is 5.96. The molecule has 1 amide bonds. The van der Waals surface area contributed by atoms with Gasteiger partial charge in [-0.3, -0.25) is 9.78 Å². The van der Waals surface area contributed by atoms with Gasteiger partial charge in [0.1, 0.15) is 5.52 Å². The minimum atomic E-state index is 0.0514. The molecule has 2 aromatic heterocycles. The van der Waals surface area contributed by atoms with Crippen molar-refractivity contribution < 1.29 is 4.79 Å². The summed E-state index contributed by atoms with van der Waals surface area (Å²) in [7, 11) is 0. The number of hydrogen-bond acceptors (Lipinski definition) is 4. The zero-order valence-electron chi connectivity index (χ0n) is 19.2. The summed E-state index contributed by atoms with van der Waals surface area (Å²) >= 11 is 1.67. The van der Waals surface area contributed by atoms with Gasteiger partial charge in [-0.1, -0.05) is 48.2 Å². The summed E-state index contributed by atoms with van der Waals surface area (Å²) in [4.78, 5) is 21.9.